The predicted molar refractivity (Wildman–Crippen MR) is 74.6 cm³/mol. The second-order valence-electron chi connectivity index (χ2n) is 6.54. The first-order valence-corrected chi connectivity index (χ1v) is 8.00. The summed E-state index contributed by atoms with van der Waals surface area (Å²) in [6, 6.07) is 0. The molecule has 0 aromatic rings. The van der Waals surface area contributed by atoms with Crippen molar-refractivity contribution in [2.24, 2.45) is 11.8 Å². The molecule has 2 aliphatic rings. The Labute approximate surface area is 112 Å². The Bertz CT molecular complexity index is 243. The lowest BCUT2D eigenvalue weighted by Gasteiger charge is -2.46. The van der Waals surface area contributed by atoms with E-state index in [1.54, 1.807) is 0 Å². The SMILES string of the molecule is CCOC1(C(O)C2CCCCC2)CCCC(C)C1. The van der Waals surface area contributed by atoms with Gasteiger partial charge in [0.15, 0.2) is 0 Å². The number of hydrogen-bond donors (Lipinski definition) is 1. The summed E-state index contributed by atoms with van der Waals surface area (Å²) >= 11 is 0. The zero-order chi connectivity index (χ0) is 13.0. The van der Waals surface area contributed by atoms with Gasteiger partial charge in [-0.15, -0.1) is 0 Å². The quantitative estimate of drug-likeness (QED) is 0.824. The molecule has 3 unspecified atom stereocenters. The third-order valence-corrected chi connectivity index (χ3v) is 5.06. The number of rotatable bonds is 4. The Kier molecular flexibility index (Phi) is 5.08. The smallest absolute Gasteiger partial charge is 0.0945 e. The van der Waals surface area contributed by atoms with Crippen LogP contribution in [-0.4, -0.2) is 23.4 Å². The maximum Gasteiger partial charge on any atom is 0.0945 e. The van der Waals surface area contributed by atoms with E-state index < -0.39 is 0 Å². The molecule has 18 heavy (non-hydrogen) atoms. The second kappa shape index (κ2) is 6.38. The van der Waals surface area contributed by atoms with E-state index in [1.165, 1.54) is 44.9 Å². The first kappa shape index (κ1) is 14.3. The highest BCUT2D eigenvalue weighted by atomic mass is 16.5. The van der Waals surface area contributed by atoms with Crippen molar-refractivity contribution in [3.05, 3.63) is 0 Å². The molecule has 0 radical (unpaired) electrons. The van der Waals surface area contributed by atoms with Crippen LogP contribution in [0.25, 0.3) is 0 Å². The van der Waals surface area contributed by atoms with Crippen LogP contribution in [0.2, 0.25) is 0 Å². The van der Waals surface area contributed by atoms with Gasteiger partial charge in [-0.25, -0.2) is 0 Å². The van der Waals surface area contributed by atoms with Crippen LogP contribution in [-0.2, 0) is 4.74 Å². The second-order valence-corrected chi connectivity index (χ2v) is 6.54. The van der Waals surface area contributed by atoms with Gasteiger partial charge in [0.2, 0.25) is 0 Å². The largest absolute Gasteiger partial charge is 0.390 e. The zero-order valence-electron chi connectivity index (χ0n) is 12.2. The normalized spacial score (nSPS) is 36.5. The van der Waals surface area contributed by atoms with Gasteiger partial charge >= 0.3 is 0 Å². The van der Waals surface area contributed by atoms with Gasteiger partial charge in [-0.3, -0.25) is 0 Å². The van der Waals surface area contributed by atoms with E-state index in [0.29, 0.717) is 11.8 Å². The van der Waals surface area contributed by atoms with Gasteiger partial charge in [0, 0.05) is 6.61 Å². The van der Waals surface area contributed by atoms with Crippen LogP contribution < -0.4 is 0 Å². The number of aliphatic hydroxyl groups excluding tert-OH is 1. The van der Waals surface area contributed by atoms with Crippen LogP contribution >= 0.6 is 0 Å². The molecule has 0 saturated heterocycles. The van der Waals surface area contributed by atoms with E-state index >= 15 is 0 Å². The van der Waals surface area contributed by atoms with Crippen molar-refractivity contribution >= 4 is 0 Å². The molecule has 0 aromatic carbocycles. The molecule has 1 N–H and O–H groups in total. The van der Waals surface area contributed by atoms with Crippen molar-refractivity contribution in [3.63, 3.8) is 0 Å². The van der Waals surface area contributed by atoms with E-state index in [2.05, 4.69) is 13.8 Å². The molecular weight excluding hydrogens is 224 g/mol. The fourth-order valence-electron chi connectivity index (χ4n) is 4.20. The predicted octanol–water partition coefficient (Wildman–Crippen LogP) is 3.91. The van der Waals surface area contributed by atoms with Crippen LogP contribution in [0.5, 0.6) is 0 Å². The van der Waals surface area contributed by atoms with Crippen molar-refractivity contribution in [2.75, 3.05) is 6.61 Å². The number of ether oxygens (including phenoxy) is 1. The number of aliphatic hydroxyl groups is 1. The topological polar surface area (TPSA) is 29.5 Å². The van der Waals surface area contributed by atoms with Gasteiger partial charge in [0.1, 0.15) is 0 Å². The van der Waals surface area contributed by atoms with Crippen molar-refractivity contribution in [3.8, 4) is 0 Å². The van der Waals surface area contributed by atoms with Crippen molar-refractivity contribution in [2.45, 2.75) is 83.3 Å². The highest BCUT2D eigenvalue weighted by molar-refractivity contribution is 4.96. The molecule has 0 bridgehead atoms. The highest BCUT2D eigenvalue weighted by Crippen LogP contribution is 2.42. The Hall–Kier alpha value is -0.0800. The highest BCUT2D eigenvalue weighted by Gasteiger charge is 2.45. The van der Waals surface area contributed by atoms with E-state index in [4.69, 9.17) is 4.74 Å². The van der Waals surface area contributed by atoms with Crippen molar-refractivity contribution in [1.29, 1.82) is 0 Å². The fourth-order valence-corrected chi connectivity index (χ4v) is 4.20. The van der Waals surface area contributed by atoms with E-state index in [0.717, 1.165) is 19.4 Å². The molecule has 2 fully saturated rings. The number of hydrogen-bond acceptors (Lipinski definition) is 2. The standard InChI is InChI=1S/C16H30O2/c1-3-18-16(11-7-8-13(2)12-16)15(17)14-9-5-4-6-10-14/h13-15,17H,3-12H2,1-2H3. The minimum absolute atomic E-state index is 0.228. The molecule has 0 amide bonds. The molecular formula is C16H30O2. The van der Waals surface area contributed by atoms with Gasteiger partial charge in [-0.2, -0.15) is 0 Å². The van der Waals surface area contributed by atoms with Gasteiger partial charge in [-0.05, 0) is 44.4 Å². The molecule has 0 spiro atoms. The molecule has 106 valence electrons. The summed E-state index contributed by atoms with van der Waals surface area (Å²) in [5, 5.41) is 10.9. The van der Waals surface area contributed by atoms with Crippen LogP contribution in [0.3, 0.4) is 0 Å². The molecule has 2 saturated carbocycles. The third-order valence-electron chi connectivity index (χ3n) is 5.06. The Balaban J connectivity index is 2.06. The molecule has 2 heteroatoms. The lowest BCUT2D eigenvalue weighted by Crippen LogP contribution is -2.51. The summed E-state index contributed by atoms with van der Waals surface area (Å²) in [6.45, 7) is 5.10. The molecule has 2 aliphatic carbocycles. The maximum absolute atomic E-state index is 10.9. The lowest BCUT2D eigenvalue weighted by molar-refractivity contribution is -0.167. The third kappa shape index (κ3) is 3.08. The van der Waals surface area contributed by atoms with Crippen LogP contribution in [0, 0.1) is 11.8 Å². The molecule has 2 rings (SSSR count). The van der Waals surface area contributed by atoms with Gasteiger partial charge in [0.25, 0.3) is 0 Å². The average molecular weight is 254 g/mol. The average Bonchev–Trinajstić information content (AvgIpc) is 2.39. The Morgan fingerprint density at radius 2 is 1.89 bits per heavy atom. The minimum atomic E-state index is -0.236. The molecule has 0 heterocycles. The minimum Gasteiger partial charge on any atom is -0.390 e. The molecule has 3 atom stereocenters. The summed E-state index contributed by atoms with van der Waals surface area (Å²) in [4.78, 5) is 0. The molecule has 0 aliphatic heterocycles. The maximum atomic E-state index is 10.9. The van der Waals surface area contributed by atoms with E-state index in [9.17, 15) is 5.11 Å². The van der Waals surface area contributed by atoms with Crippen LogP contribution in [0.1, 0.15) is 71.6 Å². The monoisotopic (exact) mass is 254 g/mol. The summed E-state index contributed by atoms with van der Waals surface area (Å²) in [6.07, 6.45) is 10.7. The zero-order valence-corrected chi connectivity index (χ0v) is 12.2. The summed E-state index contributed by atoms with van der Waals surface area (Å²) in [5.74, 6) is 1.18. The molecule has 2 nitrogen and oxygen atoms in total. The Morgan fingerprint density at radius 3 is 2.50 bits per heavy atom. The molecule has 0 aromatic heterocycles. The summed E-state index contributed by atoms with van der Waals surface area (Å²) < 4.78 is 6.11. The van der Waals surface area contributed by atoms with Crippen molar-refractivity contribution in [1.82, 2.24) is 0 Å². The van der Waals surface area contributed by atoms with E-state index in [1.807, 2.05) is 0 Å². The lowest BCUT2D eigenvalue weighted by atomic mass is 9.69. The van der Waals surface area contributed by atoms with Crippen molar-refractivity contribution < 1.29 is 9.84 Å². The Morgan fingerprint density at radius 1 is 1.17 bits per heavy atom. The first-order valence-electron chi connectivity index (χ1n) is 8.00. The van der Waals surface area contributed by atoms with Gasteiger partial charge in [0.05, 0.1) is 11.7 Å². The van der Waals surface area contributed by atoms with Crippen LogP contribution in [0.4, 0.5) is 0 Å². The van der Waals surface area contributed by atoms with Gasteiger partial charge < -0.3 is 9.84 Å². The fraction of sp³-hybridized carbons (Fsp3) is 1.00. The van der Waals surface area contributed by atoms with Gasteiger partial charge in [-0.1, -0.05) is 39.0 Å². The van der Waals surface area contributed by atoms with Crippen LogP contribution in [0.15, 0.2) is 0 Å². The summed E-state index contributed by atoms with van der Waals surface area (Å²) in [5.41, 5.74) is -0.228. The summed E-state index contributed by atoms with van der Waals surface area (Å²) in [7, 11) is 0. The van der Waals surface area contributed by atoms with E-state index in [-0.39, 0.29) is 11.7 Å². The first-order chi connectivity index (χ1) is 8.68.